The minimum absolute atomic E-state index is 0.103. The van der Waals surface area contributed by atoms with Gasteiger partial charge in [-0.2, -0.15) is 0 Å². The van der Waals surface area contributed by atoms with Crippen LogP contribution in [0.5, 0.6) is 0 Å². The van der Waals surface area contributed by atoms with Crippen LogP contribution in [0.1, 0.15) is 18.9 Å². The fourth-order valence-corrected chi connectivity index (χ4v) is 5.26. The van der Waals surface area contributed by atoms with E-state index in [1.165, 1.54) is 21.8 Å². The summed E-state index contributed by atoms with van der Waals surface area (Å²) in [4.78, 5) is 25.3. The average molecular weight is 605 g/mol. The van der Waals surface area contributed by atoms with Gasteiger partial charge in [0.2, 0.25) is 11.9 Å². The molecule has 2 aliphatic heterocycles. The maximum atomic E-state index is 10.6. The number of hydrogen-bond acceptors (Lipinski definition) is 18. The summed E-state index contributed by atoms with van der Waals surface area (Å²) in [6.07, 6.45) is -6.74. The van der Waals surface area contributed by atoms with Gasteiger partial charge in [-0.15, -0.1) is 0 Å². The van der Waals surface area contributed by atoms with E-state index in [0.717, 1.165) is 0 Å². The van der Waals surface area contributed by atoms with Crippen molar-refractivity contribution in [2.24, 2.45) is 0 Å². The fraction of sp³-hybridized carbons (Fsp3) is 0.565. The van der Waals surface area contributed by atoms with E-state index in [1.54, 1.807) is 0 Å². The van der Waals surface area contributed by atoms with Crippen LogP contribution in [0.15, 0.2) is 12.7 Å². The molecule has 0 amide bonds. The fourth-order valence-electron chi connectivity index (χ4n) is 5.26. The van der Waals surface area contributed by atoms with Crippen LogP contribution in [-0.2, 0) is 9.47 Å². The third kappa shape index (κ3) is 4.92. The number of ether oxygens (including phenoxy) is 2. The summed E-state index contributed by atoms with van der Waals surface area (Å²) in [5, 5.41) is 67.3. The number of anilines is 4. The maximum absolute atomic E-state index is 10.6. The SMILES string of the molecule is Nc1ncnc2c1nc(NCCCNc1nc3c(N)ncnc3n1C1OC(CO)C(O)C1O)n2C1OC(CO)C(O)C1O. The molecule has 8 unspecified atom stereocenters. The molecule has 0 saturated carbocycles. The Morgan fingerprint density at radius 3 is 1.47 bits per heavy atom. The van der Waals surface area contributed by atoms with Crippen LogP contribution in [-0.4, -0.2) is 133 Å². The highest BCUT2D eigenvalue weighted by molar-refractivity contribution is 5.84. The highest BCUT2D eigenvalue weighted by Crippen LogP contribution is 2.36. The van der Waals surface area contributed by atoms with Crippen molar-refractivity contribution in [3.63, 3.8) is 0 Å². The third-order valence-corrected chi connectivity index (χ3v) is 7.47. The molecule has 20 nitrogen and oxygen atoms in total. The summed E-state index contributed by atoms with van der Waals surface area (Å²) < 4.78 is 14.3. The molecule has 6 rings (SSSR count). The number of imidazole rings is 2. The molecule has 20 heteroatoms. The topological polar surface area (TPSA) is 303 Å². The first-order valence-electron chi connectivity index (χ1n) is 13.4. The number of nitrogens with two attached hydrogens (primary N) is 2. The molecule has 2 saturated heterocycles. The van der Waals surface area contributed by atoms with Crippen LogP contribution in [0.25, 0.3) is 22.3 Å². The number of aliphatic hydroxyl groups excluding tert-OH is 6. The minimum atomic E-state index is -1.38. The first kappa shape index (κ1) is 29.1. The van der Waals surface area contributed by atoms with Crippen molar-refractivity contribution in [3.05, 3.63) is 12.7 Å². The lowest BCUT2D eigenvalue weighted by molar-refractivity contribution is -0.0501. The lowest BCUT2D eigenvalue weighted by atomic mass is 10.1. The largest absolute Gasteiger partial charge is 0.394 e. The van der Waals surface area contributed by atoms with E-state index in [2.05, 4.69) is 40.5 Å². The molecule has 2 aliphatic rings. The molecule has 0 aliphatic carbocycles. The van der Waals surface area contributed by atoms with E-state index in [-0.39, 0.29) is 45.9 Å². The van der Waals surface area contributed by atoms with Crippen molar-refractivity contribution >= 4 is 45.9 Å². The van der Waals surface area contributed by atoms with Gasteiger partial charge in [-0.1, -0.05) is 0 Å². The molecule has 43 heavy (non-hydrogen) atoms. The summed E-state index contributed by atoms with van der Waals surface area (Å²) in [5.74, 6) is 0.676. The Hall–Kier alpha value is -4.02. The van der Waals surface area contributed by atoms with Crippen LogP contribution >= 0.6 is 0 Å². The molecule has 2 fully saturated rings. The summed E-state index contributed by atoms with van der Waals surface area (Å²) in [5.41, 5.74) is 13.0. The number of nitrogens with zero attached hydrogens (tertiary/aromatic N) is 8. The predicted octanol–water partition coefficient (Wildman–Crippen LogP) is -3.73. The van der Waals surface area contributed by atoms with Gasteiger partial charge in [-0.25, -0.2) is 29.9 Å². The molecule has 0 radical (unpaired) electrons. The van der Waals surface area contributed by atoms with Gasteiger partial charge in [-0.3, -0.25) is 9.13 Å². The zero-order valence-electron chi connectivity index (χ0n) is 22.5. The predicted molar refractivity (Wildman–Crippen MR) is 147 cm³/mol. The number of fused-ring (bicyclic) bond motifs is 2. The minimum Gasteiger partial charge on any atom is -0.394 e. The second-order valence-corrected chi connectivity index (χ2v) is 10.1. The van der Waals surface area contributed by atoms with E-state index in [0.29, 0.717) is 19.5 Å². The van der Waals surface area contributed by atoms with Crippen molar-refractivity contribution in [2.75, 3.05) is 48.4 Å². The van der Waals surface area contributed by atoms with Crippen LogP contribution in [0.3, 0.4) is 0 Å². The summed E-state index contributed by atoms with van der Waals surface area (Å²) in [7, 11) is 0. The Labute approximate surface area is 242 Å². The summed E-state index contributed by atoms with van der Waals surface area (Å²) >= 11 is 0. The second kappa shape index (κ2) is 11.6. The standard InChI is InChI=1S/C23H32N12O8/c24-16-10-18(30-6-28-16)34(20-14(40)12(38)8(4-36)42-20)22(32-10)26-2-1-3-27-23-33-11-17(25)29-7-31-19(11)35(23)21-15(41)13(39)9(5-37)43-21/h6-9,12-15,20-21,36-41H,1-5H2,(H,26,32)(H,27,33)(H2,24,28,30)(H2,25,29,31). The number of aliphatic hydroxyl groups is 6. The number of rotatable bonds is 10. The first-order valence-corrected chi connectivity index (χ1v) is 13.4. The lowest BCUT2D eigenvalue weighted by Gasteiger charge is -2.20. The van der Waals surface area contributed by atoms with Gasteiger partial charge in [0.05, 0.1) is 13.2 Å². The molecule has 6 heterocycles. The quantitative estimate of drug-likeness (QED) is 0.0777. The Morgan fingerprint density at radius 1 is 0.674 bits per heavy atom. The first-order chi connectivity index (χ1) is 20.7. The molecule has 8 atom stereocenters. The zero-order valence-corrected chi connectivity index (χ0v) is 22.5. The molecule has 4 aromatic rings. The van der Waals surface area contributed by atoms with Gasteiger partial charge in [0.15, 0.2) is 46.4 Å². The second-order valence-electron chi connectivity index (χ2n) is 10.1. The Morgan fingerprint density at radius 2 is 1.09 bits per heavy atom. The molecule has 0 bridgehead atoms. The van der Waals surface area contributed by atoms with Crippen molar-refractivity contribution in [1.29, 1.82) is 0 Å². The van der Waals surface area contributed by atoms with E-state index in [9.17, 15) is 30.6 Å². The molecular formula is C23H32N12O8. The van der Waals surface area contributed by atoms with Crippen LogP contribution in [0.2, 0.25) is 0 Å². The smallest absolute Gasteiger partial charge is 0.207 e. The van der Waals surface area contributed by atoms with E-state index in [1.807, 2.05) is 0 Å². The molecule has 12 N–H and O–H groups in total. The van der Waals surface area contributed by atoms with Crippen molar-refractivity contribution in [2.45, 2.75) is 55.5 Å². The molecule has 0 aromatic carbocycles. The monoisotopic (exact) mass is 604 g/mol. The van der Waals surface area contributed by atoms with E-state index >= 15 is 0 Å². The molecular weight excluding hydrogens is 572 g/mol. The van der Waals surface area contributed by atoms with Gasteiger partial charge in [0.25, 0.3) is 0 Å². The number of nitrogens with one attached hydrogen (secondary N) is 2. The normalized spacial score (nSPS) is 29.2. The Kier molecular flexibility index (Phi) is 7.83. The lowest BCUT2D eigenvalue weighted by Crippen LogP contribution is -2.33. The highest BCUT2D eigenvalue weighted by atomic mass is 16.6. The van der Waals surface area contributed by atoms with Gasteiger partial charge in [0, 0.05) is 13.1 Å². The van der Waals surface area contributed by atoms with Crippen LogP contribution in [0.4, 0.5) is 23.5 Å². The summed E-state index contributed by atoms with van der Waals surface area (Å²) in [6.45, 7) is -0.349. The number of aromatic nitrogens is 8. The zero-order chi connectivity index (χ0) is 30.4. The number of nitrogen functional groups attached to an aromatic ring is 2. The highest BCUT2D eigenvalue weighted by Gasteiger charge is 2.46. The van der Waals surface area contributed by atoms with Crippen molar-refractivity contribution < 1.29 is 40.1 Å². The molecule has 4 aromatic heterocycles. The molecule has 0 spiro atoms. The number of hydrogen-bond donors (Lipinski definition) is 10. The van der Waals surface area contributed by atoms with Gasteiger partial charge in [0.1, 0.15) is 49.3 Å². The van der Waals surface area contributed by atoms with Gasteiger partial charge < -0.3 is 62.2 Å². The van der Waals surface area contributed by atoms with Crippen molar-refractivity contribution in [3.8, 4) is 0 Å². The van der Waals surface area contributed by atoms with E-state index < -0.39 is 62.3 Å². The maximum Gasteiger partial charge on any atom is 0.207 e. The molecule has 232 valence electrons. The van der Waals surface area contributed by atoms with Crippen molar-refractivity contribution in [1.82, 2.24) is 39.0 Å². The third-order valence-electron chi connectivity index (χ3n) is 7.47. The Balaban J connectivity index is 1.19. The van der Waals surface area contributed by atoms with Gasteiger partial charge >= 0.3 is 0 Å². The van der Waals surface area contributed by atoms with Gasteiger partial charge in [-0.05, 0) is 6.42 Å². The Bertz CT molecular complexity index is 1490. The van der Waals surface area contributed by atoms with Crippen LogP contribution in [0, 0.1) is 0 Å². The van der Waals surface area contributed by atoms with Crippen LogP contribution < -0.4 is 22.1 Å². The average Bonchev–Trinajstić information content (AvgIpc) is 3.71. The summed E-state index contributed by atoms with van der Waals surface area (Å²) in [6, 6.07) is 0. The van der Waals surface area contributed by atoms with E-state index in [4.69, 9.17) is 20.9 Å².